The molecule has 1 aliphatic carbocycles. The van der Waals surface area contributed by atoms with Gasteiger partial charge in [-0.2, -0.15) is 5.26 Å². The largest absolute Gasteiger partial charge is 0.335 e. The number of aromatic nitrogens is 1. The van der Waals surface area contributed by atoms with Gasteiger partial charge < -0.3 is 4.90 Å². The molecule has 0 aliphatic heterocycles. The van der Waals surface area contributed by atoms with Gasteiger partial charge in [-0.3, -0.25) is 4.79 Å². The minimum atomic E-state index is -0.0618. The van der Waals surface area contributed by atoms with Gasteiger partial charge in [0.1, 0.15) is 5.15 Å². The molecule has 1 amide bonds. The molecule has 0 saturated heterocycles. The molecule has 2 aromatic rings. The Morgan fingerprint density at radius 1 is 1.43 bits per heavy atom. The minimum Gasteiger partial charge on any atom is -0.335 e. The number of rotatable bonds is 4. The van der Waals surface area contributed by atoms with E-state index in [-0.39, 0.29) is 11.9 Å². The Hall–Kier alpha value is -2.12. The summed E-state index contributed by atoms with van der Waals surface area (Å²) in [5, 5.41) is 9.88. The fourth-order valence-electron chi connectivity index (χ4n) is 2.48. The predicted octanol–water partition coefficient (Wildman–Crippen LogP) is 3.41. The van der Waals surface area contributed by atoms with Crippen molar-refractivity contribution in [3.8, 4) is 6.07 Å². The number of hydrogen-bond acceptors (Lipinski definition) is 3. The predicted molar refractivity (Wildman–Crippen MR) is 81.0 cm³/mol. The van der Waals surface area contributed by atoms with Crippen LogP contribution in [0.15, 0.2) is 30.3 Å². The fraction of sp³-hybridized carbons (Fsp3) is 0.312. The molecule has 1 aromatic heterocycles. The summed E-state index contributed by atoms with van der Waals surface area (Å²) in [6, 6.07) is 11.5. The second-order valence-corrected chi connectivity index (χ2v) is 5.53. The van der Waals surface area contributed by atoms with Crippen LogP contribution in [0.25, 0.3) is 10.9 Å². The molecule has 0 radical (unpaired) electrons. The van der Waals surface area contributed by atoms with E-state index in [4.69, 9.17) is 16.9 Å². The number of amides is 1. The van der Waals surface area contributed by atoms with Crippen molar-refractivity contribution in [1.82, 2.24) is 9.88 Å². The molecule has 1 aliphatic rings. The van der Waals surface area contributed by atoms with E-state index >= 15 is 0 Å². The number of nitrogens with zero attached hydrogens (tertiary/aromatic N) is 3. The van der Waals surface area contributed by atoms with Crippen LogP contribution in [-0.4, -0.2) is 28.4 Å². The molecule has 5 heteroatoms. The lowest BCUT2D eigenvalue weighted by Gasteiger charge is -2.22. The van der Waals surface area contributed by atoms with Crippen molar-refractivity contribution in [1.29, 1.82) is 5.26 Å². The molecular weight excluding hydrogens is 286 g/mol. The normalized spacial score (nSPS) is 13.9. The van der Waals surface area contributed by atoms with Crippen molar-refractivity contribution in [3.05, 3.63) is 41.0 Å². The maximum atomic E-state index is 12.8. The lowest BCUT2D eigenvalue weighted by atomic mass is 10.1. The highest BCUT2D eigenvalue weighted by atomic mass is 35.5. The third-order valence-corrected chi connectivity index (χ3v) is 3.82. The van der Waals surface area contributed by atoms with E-state index in [1.54, 1.807) is 11.0 Å². The number of nitriles is 1. The van der Waals surface area contributed by atoms with Gasteiger partial charge in [-0.1, -0.05) is 29.8 Å². The zero-order valence-electron chi connectivity index (χ0n) is 11.4. The third-order valence-electron chi connectivity index (χ3n) is 3.63. The van der Waals surface area contributed by atoms with Crippen molar-refractivity contribution < 1.29 is 4.79 Å². The SMILES string of the molecule is N#CCCN(C(=O)c1cc(Cl)nc2ccccc12)C1CC1. The summed E-state index contributed by atoms with van der Waals surface area (Å²) in [5.74, 6) is -0.0618. The fourth-order valence-corrected chi connectivity index (χ4v) is 2.68. The summed E-state index contributed by atoms with van der Waals surface area (Å²) in [6.07, 6.45) is 2.36. The van der Waals surface area contributed by atoms with Gasteiger partial charge in [-0.15, -0.1) is 0 Å². The van der Waals surface area contributed by atoms with Crippen molar-refractivity contribution in [2.24, 2.45) is 0 Å². The highest BCUT2D eigenvalue weighted by molar-refractivity contribution is 6.30. The summed E-state index contributed by atoms with van der Waals surface area (Å²) >= 11 is 6.04. The Morgan fingerprint density at radius 3 is 2.90 bits per heavy atom. The van der Waals surface area contributed by atoms with E-state index in [1.165, 1.54) is 0 Å². The first-order chi connectivity index (χ1) is 10.2. The van der Waals surface area contributed by atoms with Crippen LogP contribution in [0.3, 0.4) is 0 Å². The maximum absolute atomic E-state index is 12.8. The molecule has 21 heavy (non-hydrogen) atoms. The Balaban J connectivity index is 2.02. The Labute approximate surface area is 127 Å². The number of para-hydroxylation sites is 1. The van der Waals surface area contributed by atoms with Gasteiger partial charge in [0.25, 0.3) is 5.91 Å². The molecule has 0 spiro atoms. The average Bonchev–Trinajstić information content (AvgIpc) is 3.31. The Kier molecular flexibility index (Phi) is 3.76. The lowest BCUT2D eigenvalue weighted by Crippen LogP contribution is -2.34. The topological polar surface area (TPSA) is 57.0 Å². The zero-order chi connectivity index (χ0) is 14.8. The van der Waals surface area contributed by atoms with Crippen LogP contribution in [0.4, 0.5) is 0 Å². The number of hydrogen-bond donors (Lipinski definition) is 0. The molecule has 3 rings (SSSR count). The second-order valence-electron chi connectivity index (χ2n) is 5.15. The maximum Gasteiger partial charge on any atom is 0.254 e. The van der Waals surface area contributed by atoms with Crippen LogP contribution in [0.1, 0.15) is 29.6 Å². The van der Waals surface area contributed by atoms with Crippen LogP contribution in [0.2, 0.25) is 5.15 Å². The van der Waals surface area contributed by atoms with Gasteiger partial charge in [-0.05, 0) is 25.0 Å². The molecule has 4 nitrogen and oxygen atoms in total. The first-order valence-electron chi connectivity index (χ1n) is 6.94. The van der Waals surface area contributed by atoms with E-state index in [0.29, 0.717) is 29.2 Å². The van der Waals surface area contributed by atoms with E-state index in [2.05, 4.69) is 11.1 Å². The number of benzene rings is 1. The minimum absolute atomic E-state index is 0.0618. The molecule has 0 atom stereocenters. The van der Waals surface area contributed by atoms with Crippen LogP contribution >= 0.6 is 11.6 Å². The number of fused-ring (bicyclic) bond motifs is 1. The molecule has 1 saturated carbocycles. The van der Waals surface area contributed by atoms with Crippen LogP contribution < -0.4 is 0 Å². The Morgan fingerprint density at radius 2 is 2.19 bits per heavy atom. The van der Waals surface area contributed by atoms with Crippen molar-refractivity contribution in [2.75, 3.05) is 6.54 Å². The van der Waals surface area contributed by atoms with Crippen molar-refractivity contribution in [2.45, 2.75) is 25.3 Å². The number of carbonyl (C=O) groups is 1. The van der Waals surface area contributed by atoms with Gasteiger partial charge in [-0.25, -0.2) is 4.98 Å². The first-order valence-corrected chi connectivity index (χ1v) is 7.31. The van der Waals surface area contributed by atoms with Gasteiger partial charge >= 0.3 is 0 Å². The number of halogens is 1. The smallest absolute Gasteiger partial charge is 0.254 e. The summed E-state index contributed by atoms with van der Waals surface area (Å²) in [5.41, 5.74) is 1.28. The highest BCUT2D eigenvalue weighted by Gasteiger charge is 2.33. The van der Waals surface area contributed by atoms with E-state index in [9.17, 15) is 4.79 Å². The molecular formula is C16H14ClN3O. The summed E-state index contributed by atoms with van der Waals surface area (Å²) < 4.78 is 0. The standard InChI is InChI=1S/C16H14ClN3O/c17-15-10-13(12-4-1-2-5-14(12)19-15)16(21)20(9-3-8-18)11-6-7-11/h1-2,4-5,10-11H,3,6-7,9H2. The average molecular weight is 300 g/mol. The van der Waals surface area contributed by atoms with E-state index in [0.717, 1.165) is 18.2 Å². The number of pyridine rings is 1. The highest BCUT2D eigenvalue weighted by Crippen LogP contribution is 2.30. The zero-order valence-corrected chi connectivity index (χ0v) is 12.2. The van der Waals surface area contributed by atoms with Gasteiger partial charge in [0.2, 0.25) is 0 Å². The van der Waals surface area contributed by atoms with Crippen LogP contribution in [0.5, 0.6) is 0 Å². The van der Waals surface area contributed by atoms with Gasteiger partial charge in [0.05, 0.1) is 23.6 Å². The molecule has 1 heterocycles. The molecule has 1 fully saturated rings. The molecule has 106 valence electrons. The lowest BCUT2D eigenvalue weighted by molar-refractivity contribution is 0.0749. The van der Waals surface area contributed by atoms with Crippen LogP contribution in [-0.2, 0) is 0 Å². The Bertz CT molecular complexity index is 734. The molecule has 0 bridgehead atoms. The van der Waals surface area contributed by atoms with E-state index in [1.807, 2.05) is 24.3 Å². The quantitative estimate of drug-likeness (QED) is 0.813. The summed E-state index contributed by atoms with van der Waals surface area (Å²) in [7, 11) is 0. The van der Waals surface area contributed by atoms with E-state index < -0.39 is 0 Å². The van der Waals surface area contributed by atoms with Crippen molar-refractivity contribution >= 4 is 28.4 Å². The third kappa shape index (κ3) is 2.84. The van der Waals surface area contributed by atoms with Crippen molar-refractivity contribution in [3.63, 3.8) is 0 Å². The van der Waals surface area contributed by atoms with Crippen LogP contribution in [0, 0.1) is 11.3 Å². The molecule has 0 N–H and O–H groups in total. The monoisotopic (exact) mass is 299 g/mol. The number of carbonyl (C=O) groups excluding carboxylic acids is 1. The van der Waals surface area contributed by atoms with Gasteiger partial charge in [0.15, 0.2) is 0 Å². The molecule has 0 unspecified atom stereocenters. The van der Waals surface area contributed by atoms with Gasteiger partial charge in [0, 0.05) is 18.0 Å². The first kappa shape index (κ1) is 13.8. The second kappa shape index (κ2) is 5.71. The molecule has 1 aromatic carbocycles. The summed E-state index contributed by atoms with van der Waals surface area (Å²) in [4.78, 5) is 18.9. The summed E-state index contributed by atoms with van der Waals surface area (Å²) in [6.45, 7) is 0.467.